The van der Waals surface area contributed by atoms with Gasteiger partial charge >= 0.3 is 6.09 Å². The van der Waals surface area contributed by atoms with Crippen LogP contribution in [0.25, 0.3) is 0 Å². The van der Waals surface area contributed by atoms with Crippen molar-refractivity contribution in [2.24, 2.45) is 0 Å². The Hall–Kier alpha value is -1.55. The summed E-state index contributed by atoms with van der Waals surface area (Å²) in [5.74, 6) is 0. The van der Waals surface area contributed by atoms with Crippen LogP contribution in [0.3, 0.4) is 0 Å². The van der Waals surface area contributed by atoms with Crippen LogP contribution in [-0.2, 0) is 11.3 Å². The topological polar surface area (TPSA) is 41.6 Å². The molecule has 0 spiro atoms. The smallest absolute Gasteiger partial charge is 0.410 e. The molecule has 1 aliphatic heterocycles. The molecule has 0 radical (unpaired) electrons. The van der Waals surface area contributed by atoms with E-state index >= 15 is 0 Å². The summed E-state index contributed by atoms with van der Waals surface area (Å²) in [5, 5.41) is 3.50. The molecule has 1 aliphatic rings. The molecule has 0 bridgehead atoms. The number of amides is 1. The summed E-state index contributed by atoms with van der Waals surface area (Å²) in [7, 11) is 0. The summed E-state index contributed by atoms with van der Waals surface area (Å²) in [6.07, 6.45) is -0.215. The zero-order valence-electron chi connectivity index (χ0n) is 13.7. The van der Waals surface area contributed by atoms with Crippen molar-refractivity contribution in [3.63, 3.8) is 0 Å². The van der Waals surface area contributed by atoms with Crippen molar-refractivity contribution in [1.29, 1.82) is 0 Å². The minimum atomic E-state index is -0.422. The van der Waals surface area contributed by atoms with Crippen LogP contribution in [0.15, 0.2) is 18.2 Å². The number of hydrogen-bond acceptors (Lipinski definition) is 3. The molecule has 1 amide bonds. The average Bonchev–Trinajstić information content (AvgIpc) is 2.30. The highest BCUT2D eigenvalue weighted by Gasteiger charge is 2.33. The second-order valence-electron chi connectivity index (χ2n) is 6.82. The maximum absolute atomic E-state index is 11.8. The van der Waals surface area contributed by atoms with Crippen molar-refractivity contribution >= 4 is 6.09 Å². The van der Waals surface area contributed by atoms with Crippen molar-refractivity contribution in [3.05, 3.63) is 34.9 Å². The SMILES string of the molecule is Cc1cccc(CNC2CN(C(=O)OC(C)(C)C)C2)c1C. The first-order valence-electron chi connectivity index (χ1n) is 7.52. The van der Waals surface area contributed by atoms with Gasteiger partial charge in [-0.15, -0.1) is 0 Å². The first-order valence-corrected chi connectivity index (χ1v) is 7.52. The third-order valence-corrected chi connectivity index (χ3v) is 3.83. The maximum Gasteiger partial charge on any atom is 0.410 e. The van der Waals surface area contributed by atoms with Gasteiger partial charge in [0.05, 0.1) is 0 Å². The van der Waals surface area contributed by atoms with E-state index in [2.05, 4.69) is 37.4 Å². The van der Waals surface area contributed by atoms with Gasteiger partial charge in [-0.05, 0) is 51.3 Å². The molecule has 0 unspecified atom stereocenters. The highest BCUT2D eigenvalue weighted by molar-refractivity contribution is 5.69. The number of ether oxygens (including phenoxy) is 1. The normalized spacial score (nSPS) is 15.8. The number of hydrogen-bond donors (Lipinski definition) is 1. The highest BCUT2D eigenvalue weighted by Crippen LogP contribution is 2.17. The number of carbonyl (C=O) groups excluding carboxylic acids is 1. The van der Waals surface area contributed by atoms with E-state index < -0.39 is 5.60 Å². The molecule has 1 N–H and O–H groups in total. The van der Waals surface area contributed by atoms with Gasteiger partial charge in [-0.2, -0.15) is 0 Å². The molecule has 0 aliphatic carbocycles. The predicted molar refractivity (Wildman–Crippen MR) is 84.4 cm³/mol. The van der Waals surface area contributed by atoms with Crippen LogP contribution in [-0.4, -0.2) is 35.7 Å². The van der Waals surface area contributed by atoms with Crippen LogP contribution in [0, 0.1) is 13.8 Å². The van der Waals surface area contributed by atoms with Crippen molar-refractivity contribution in [2.45, 2.75) is 52.8 Å². The maximum atomic E-state index is 11.8. The van der Waals surface area contributed by atoms with E-state index in [1.54, 1.807) is 4.90 Å². The highest BCUT2D eigenvalue weighted by atomic mass is 16.6. The zero-order valence-corrected chi connectivity index (χ0v) is 13.7. The molecule has 4 heteroatoms. The summed E-state index contributed by atoms with van der Waals surface area (Å²) in [6.45, 7) is 12.2. The molecule has 1 saturated heterocycles. The lowest BCUT2D eigenvalue weighted by molar-refractivity contribution is 0.00518. The Morgan fingerprint density at radius 2 is 2.00 bits per heavy atom. The number of likely N-dealkylation sites (tertiary alicyclic amines) is 1. The molecule has 21 heavy (non-hydrogen) atoms. The molecule has 4 nitrogen and oxygen atoms in total. The largest absolute Gasteiger partial charge is 0.444 e. The van der Waals surface area contributed by atoms with E-state index in [1.807, 2.05) is 20.8 Å². The molecule has 2 rings (SSSR count). The van der Waals surface area contributed by atoms with E-state index in [0.29, 0.717) is 6.04 Å². The first kappa shape index (κ1) is 15.8. The average molecular weight is 290 g/mol. The van der Waals surface area contributed by atoms with Crippen LogP contribution in [0.4, 0.5) is 4.79 Å². The number of carbonyl (C=O) groups is 1. The number of aryl methyl sites for hydroxylation is 1. The minimum absolute atomic E-state index is 0.215. The van der Waals surface area contributed by atoms with Gasteiger partial charge in [0, 0.05) is 25.7 Å². The number of benzene rings is 1. The van der Waals surface area contributed by atoms with E-state index in [1.165, 1.54) is 16.7 Å². The Labute approximate surface area is 127 Å². The van der Waals surface area contributed by atoms with Gasteiger partial charge in [-0.1, -0.05) is 18.2 Å². The zero-order chi connectivity index (χ0) is 15.6. The molecule has 116 valence electrons. The Kier molecular flexibility index (Phi) is 4.57. The minimum Gasteiger partial charge on any atom is -0.444 e. The van der Waals surface area contributed by atoms with Crippen LogP contribution in [0.2, 0.25) is 0 Å². The van der Waals surface area contributed by atoms with Crippen molar-refractivity contribution < 1.29 is 9.53 Å². The Balaban J connectivity index is 1.76. The summed E-state index contributed by atoms with van der Waals surface area (Å²) in [4.78, 5) is 13.6. The molecule has 1 fully saturated rings. The fourth-order valence-electron chi connectivity index (χ4n) is 2.34. The lowest BCUT2D eigenvalue weighted by Gasteiger charge is -2.40. The summed E-state index contributed by atoms with van der Waals surface area (Å²) in [5.41, 5.74) is 3.56. The molecule has 0 saturated carbocycles. The molecule has 0 atom stereocenters. The van der Waals surface area contributed by atoms with Crippen molar-refractivity contribution in [1.82, 2.24) is 10.2 Å². The van der Waals surface area contributed by atoms with Crippen LogP contribution in [0.1, 0.15) is 37.5 Å². The summed E-state index contributed by atoms with van der Waals surface area (Å²) >= 11 is 0. The molecular formula is C17H26N2O2. The van der Waals surface area contributed by atoms with Crippen molar-refractivity contribution in [2.75, 3.05) is 13.1 Å². The number of nitrogens with zero attached hydrogens (tertiary/aromatic N) is 1. The second kappa shape index (κ2) is 6.06. The Morgan fingerprint density at radius 3 is 2.62 bits per heavy atom. The molecule has 0 aromatic heterocycles. The monoisotopic (exact) mass is 290 g/mol. The van der Waals surface area contributed by atoms with E-state index in [-0.39, 0.29) is 6.09 Å². The van der Waals surface area contributed by atoms with Gasteiger partial charge in [0.15, 0.2) is 0 Å². The fraction of sp³-hybridized carbons (Fsp3) is 0.588. The van der Waals surface area contributed by atoms with Crippen LogP contribution >= 0.6 is 0 Å². The van der Waals surface area contributed by atoms with Gasteiger partial charge in [-0.25, -0.2) is 4.79 Å². The van der Waals surface area contributed by atoms with Gasteiger partial charge in [0.2, 0.25) is 0 Å². The van der Waals surface area contributed by atoms with Crippen LogP contribution in [0.5, 0.6) is 0 Å². The second-order valence-corrected chi connectivity index (χ2v) is 6.82. The number of nitrogens with one attached hydrogen (secondary N) is 1. The van der Waals surface area contributed by atoms with E-state index in [9.17, 15) is 4.79 Å². The summed E-state index contributed by atoms with van der Waals surface area (Å²) in [6, 6.07) is 6.73. The van der Waals surface area contributed by atoms with Crippen LogP contribution < -0.4 is 5.32 Å². The van der Waals surface area contributed by atoms with Crippen molar-refractivity contribution in [3.8, 4) is 0 Å². The lowest BCUT2D eigenvalue weighted by atomic mass is 10.0. The molecular weight excluding hydrogens is 264 g/mol. The standard InChI is InChI=1S/C17H26N2O2/c1-12-7-6-8-14(13(12)2)9-18-15-10-19(11-15)16(20)21-17(3,4)5/h6-8,15,18H,9-11H2,1-5H3. The lowest BCUT2D eigenvalue weighted by Crippen LogP contribution is -2.60. The third-order valence-electron chi connectivity index (χ3n) is 3.83. The third kappa shape index (κ3) is 4.21. The molecule has 1 aromatic rings. The van der Waals surface area contributed by atoms with Gasteiger partial charge in [0.1, 0.15) is 5.60 Å². The van der Waals surface area contributed by atoms with Gasteiger partial charge in [0.25, 0.3) is 0 Å². The van der Waals surface area contributed by atoms with E-state index in [0.717, 1.165) is 19.6 Å². The van der Waals surface area contributed by atoms with Gasteiger partial charge in [-0.3, -0.25) is 0 Å². The van der Waals surface area contributed by atoms with E-state index in [4.69, 9.17) is 4.74 Å². The fourth-order valence-corrected chi connectivity index (χ4v) is 2.34. The Morgan fingerprint density at radius 1 is 1.33 bits per heavy atom. The summed E-state index contributed by atoms with van der Waals surface area (Å²) < 4.78 is 5.35. The quantitative estimate of drug-likeness (QED) is 0.930. The number of rotatable bonds is 3. The molecule has 1 aromatic carbocycles. The van der Waals surface area contributed by atoms with Gasteiger partial charge < -0.3 is 15.0 Å². The predicted octanol–water partition coefficient (Wildman–Crippen LogP) is 3.01. The first-order chi connectivity index (χ1) is 9.76. The Bertz CT molecular complexity index is 514. The molecule has 1 heterocycles.